The monoisotopic (exact) mass is 335 g/mol. The van der Waals surface area contributed by atoms with E-state index in [0.717, 1.165) is 25.1 Å². The molecule has 0 aliphatic carbocycles. The van der Waals surface area contributed by atoms with Crippen molar-refractivity contribution in [3.05, 3.63) is 20.8 Å². The molecule has 1 saturated heterocycles. The second-order valence-corrected chi connectivity index (χ2v) is 7.03. The molecular weight excluding hydrogens is 322 g/mol. The molecule has 2 nitrogen and oxygen atoms in total. The summed E-state index contributed by atoms with van der Waals surface area (Å²) < 4.78 is 0. The van der Waals surface area contributed by atoms with Crippen LogP contribution in [0.4, 0.5) is 0 Å². The molecule has 1 aliphatic heterocycles. The summed E-state index contributed by atoms with van der Waals surface area (Å²) in [6.45, 7) is 5.74. The summed E-state index contributed by atoms with van der Waals surface area (Å²) in [5.74, 6) is 0.698. The van der Waals surface area contributed by atoms with Crippen LogP contribution in [0.3, 0.4) is 0 Å². The number of carbonyl (C=O) groups excluding carboxylic acids is 1. The Morgan fingerprint density at radius 2 is 2.35 bits per heavy atom. The molecule has 1 aromatic heterocycles. The number of likely N-dealkylation sites (tertiary alicyclic amines) is 1. The zero-order valence-corrected chi connectivity index (χ0v) is 13.0. The average molecular weight is 337 g/mol. The molecule has 0 N–H and O–H groups in total. The molecule has 0 saturated carbocycles. The Balaban J connectivity index is 2.13. The molecule has 2 atom stereocenters. The number of nitrogens with zero attached hydrogens (tertiary/aromatic N) is 1. The van der Waals surface area contributed by atoms with E-state index in [2.05, 4.69) is 22.9 Å². The fourth-order valence-electron chi connectivity index (χ4n) is 1.92. The molecule has 94 valence electrons. The number of aryl methyl sites for hydroxylation is 1. The van der Waals surface area contributed by atoms with Crippen LogP contribution in [-0.2, 0) is 0 Å². The van der Waals surface area contributed by atoms with Crippen LogP contribution in [-0.4, -0.2) is 28.7 Å². The van der Waals surface area contributed by atoms with Crippen molar-refractivity contribution in [2.45, 2.75) is 25.1 Å². The Kier molecular flexibility index (Phi) is 4.16. The Hall–Kier alpha value is -0.0600. The predicted molar refractivity (Wildman–Crippen MR) is 76.5 cm³/mol. The highest BCUT2D eigenvalue weighted by Gasteiger charge is 2.29. The first-order valence-electron chi connectivity index (χ1n) is 5.67. The van der Waals surface area contributed by atoms with Gasteiger partial charge in [-0.05, 0) is 30.2 Å². The molecule has 1 aromatic rings. The SMILES string of the molecule is Cc1csc(C(=O)N2CCC(C)C(Br)C2)c1Cl. The Bertz CT molecular complexity index is 434. The average Bonchev–Trinajstić information content (AvgIpc) is 2.63. The molecule has 2 rings (SSSR count). The van der Waals surface area contributed by atoms with Gasteiger partial charge in [-0.2, -0.15) is 0 Å². The fraction of sp³-hybridized carbons (Fsp3) is 0.583. The van der Waals surface area contributed by atoms with E-state index in [0.29, 0.717) is 20.6 Å². The quantitative estimate of drug-likeness (QED) is 0.711. The standard InChI is InChI=1S/C12H15BrClNOS/c1-7-3-4-15(5-9(7)13)12(16)11-10(14)8(2)6-17-11/h6-7,9H,3-5H2,1-2H3. The molecular formula is C12H15BrClNOS. The maximum absolute atomic E-state index is 12.3. The lowest BCUT2D eigenvalue weighted by Crippen LogP contribution is -2.43. The molecule has 5 heteroatoms. The van der Waals surface area contributed by atoms with E-state index in [1.165, 1.54) is 11.3 Å². The molecule has 17 heavy (non-hydrogen) atoms. The molecule has 2 unspecified atom stereocenters. The minimum absolute atomic E-state index is 0.0736. The lowest BCUT2D eigenvalue weighted by Gasteiger charge is -2.34. The molecule has 1 amide bonds. The third kappa shape index (κ3) is 2.69. The van der Waals surface area contributed by atoms with Gasteiger partial charge in [0.05, 0.1) is 5.02 Å². The normalized spacial score (nSPS) is 25.1. The van der Waals surface area contributed by atoms with Gasteiger partial charge in [-0.25, -0.2) is 0 Å². The van der Waals surface area contributed by atoms with Crippen LogP contribution in [0.1, 0.15) is 28.6 Å². The molecule has 1 aliphatic rings. The summed E-state index contributed by atoms with van der Waals surface area (Å²) in [4.78, 5) is 15.3. The van der Waals surface area contributed by atoms with Gasteiger partial charge in [0.25, 0.3) is 5.91 Å². The third-order valence-corrected chi connectivity index (χ3v) is 6.12. The van der Waals surface area contributed by atoms with Crippen molar-refractivity contribution in [2.75, 3.05) is 13.1 Å². The van der Waals surface area contributed by atoms with Crippen LogP contribution >= 0.6 is 38.9 Å². The van der Waals surface area contributed by atoms with E-state index in [-0.39, 0.29) is 5.91 Å². The molecule has 1 fully saturated rings. The number of hydrogen-bond acceptors (Lipinski definition) is 2. The van der Waals surface area contributed by atoms with E-state index in [1.54, 1.807) is 0 Å². The first-order valence-corrected chi connectivity index (χ1v) is 7.85. The van der Waals surface area contributed by atoms with Crippen molar-refractivity contribution in [1.82, 2.24) is 4.90 Å². The highest BCUT2D eigenvalue weighted by atomic mass is 79.9. The summed E-state index contributed by atoms with van der Waals surface area (Å²) in [6.07, 6.45) is 1.05. The Morgan fingerprint density at radius 3 is 2.88 bits per heavy atom. The van der Waals surface area contributed by atoms with Gasteiger partial charge in [0.15, 0.2) is 0 Å². The minimum Gasteiger partial charge on any atom is -0.337 e. The van der Waals surface area contributed by atoms with E-state index in [9.17, 15) is 4.79 Å². The summed E-state index contributed by atoms with van der Waals surface area (Å²) in [6, 6.07) is 0. The van der Waals surface area contributed by atoms with Gasteiger partial charge < -0.3 is 4.90 Å². The zero-order valence-electron chi connectivity index (χ0n) is 9.87. The van der Waals surface area contributed by atoms with Crippen molar-refractivity contribution in [3.63, 3.8) is 0 Å². The second-order valence-electron chi connectivity index (χ2n) is 4.59. The molecule has 0 spiro atoms. The largest absolute Gasteiger partial charge is 0.337 e. The van der Waals surface area contributed by atoms with Crippen LogP contribution in [0.5, 0.6) is 0 Å². The molecule has 2 heterocycles. The summed E-state index contributed by atoms with van der Waals surface area (Å²) in [5, 5.41) is 2.55. The predicted octanol–water partition coefficient (Wildman–Crippen LogP) is 3.96. The topological polar surface area (TPSA) is 20.3 Å². The molecule has 0 aromatic carbocycles. The fourth-order valence-corrected chi connectivity index (χ4v) is 3.78. The highest BCUT2D eigenvalue weighted by Crippen LogP contribution is 2.30. The molecule has 0 bridgehead atoms. The van der Waals surface area contributed by atoms with Crippen molar-refractivity contribution in [2.24, 2.45) is 5.92 Å². The van der Waals surface area contributed by atoms with Gasteiger partial charge >= 0.3 is 0 Å². The van der Waals surface area contributed by atoms with Crippen LogP contribution < -0.4 is 0 Å². The van der Waals surface area contributed by atoms with Gasteiger partial charge in [-0.15, -0.1) is 11.3 Å². The summed E-state index contributed by atoms with van der Waals surface area (Å²) >= 11 is 11.2. The van der Waals surface area contributed by atoms with Crippen molar-refractivity contribution in [1.29, 1.82) is 0 Å². The minimum atomic E-state index is 0.0736. The number of amides is 1. The first kappa shape index (κ1) is 13.4. The lowest BCUT2D eigenvalue weighted by atomic mass is 9.99. The van der Waals surface area contributed by atoms with Crippen molar-refractivity contribution in [3.8, 4) is 0 Å². The van der Waals surface area contributed by atoms with Gasteiger partial charge in [0.2, 0.25) is 0 Å². The summed E-state index contributed by atoms with van der Waals surface area (Å²) in [7, 11) is 0. The Labute approximate surface area is 119 Å². The van der Waals surface area contributed by atoms with Crippen LogP contribution in [0.2, 0.25) is 5.02 Å². The number of rotatable bonds is 1. The smallest absolute Gasteiger partial charge is 0.265 e. The van der Waals surface area contributed by atoms with E-state index >= 15 is 0 Å². The van der Waals surface area contributed by atoms with Crippen LogP contribution in [0, 0.1) is 12.8 Å². The molecule has 0 radical (unpaired) electrons. The summed E-state index contributed by atoms with van der Waals surface area (Å²) in [5.41, 5.74) is 0.987. The second kappa shape index (κ2) is 5.29. The third-order valence-electron chi connectivity index (χ3n) is 3.25. The number of thiophene rings is 1. The van der Waals surface area contributed by atoms with Crippen LogP contribution in [0.15, 0.2) is 5.38 Å². The van der Waals surface area contributed by atoms with Crippen molar-refractivity contribution >= 4 is 44.8 Å². The van der Waals surface area contributed by atoms with Gasteiger partial charge in [0.1, 0.15) is 4.88 Å². The highest BCUT2D eigenvalue weighted by molar-refractivity contribution is 9.09. The number of halogens is 2. The van der Waals surface area contributed by atoms with Crippen molar-refractivity contribution < 1.29 is 4.79 Å². The first-order chi connectivity index (χ1) is 8.00. The van der Waals surface area contributed by atoms with Crippen LogP contribution in [0.25, 0.3) is 0 Å². The number of carbonyl (C=O) groups is 1. The lowest BCUT2D eigenvalue weighted by molar-refractivity contribution is 0.0711. The number of hydrogen-bond donors (Lipinski definition) is 0. The number of piperidine rings is 1. The number of alkyl halides is 1. The maximum atomic E-state index is 12.3. The van der Waals surface area contributed by atoms with E-state index in [4.69, 9.17) is 11.6 Å². The van der Waals surface area contributed by atoms with Gasteiger partial charge in [-0.1, -0.05) is 34.5 Å². The maximum Gasteiger partial charge on any atom is 0.265 e. The zero-order chi connectivity index (χ0) is 12.6. The Morgan fingerprint density at radius 1 is 1.65 bits per heavy atom. The van der Waals surface area contributed by atoms with E-state index in [1.807, 2.05) is 17.2 Å². The van der Waals surface area contributed by atoms with E-state index < -0.39 is 0 Å². The van der Waals surface area contributed by atoms with Gasteiger partial charge in [-0.3, -0.25) is 4.79 Å². The van der Waals surface area contributed by atoms with Gasteiger partial charge in [0, 0.05) is 17.9 Å².